The molecule has 3 aromatic rings. The molecule has 3 amide bonds. The van der Waals surface area contributed by atoms with Crippen molar-refractivity contribution in [3.8, 4) is 17.2 Å². The average Bonchev–Trinajstić information content (AvgIpc) is 3.45. The van der Waals surface area contributed by atoms with Gasteiger partial charge in [0.1, 0.15) is 5.82 Å². The van der Waals surface area contributed by atoms with Crippen LogP contribution in [0.3, 0.4) is 0 Å². The van der Waals surface area contributed by atoms with E-state index in [4.69, 9.17) is 9.47 Å². The summed E-state index contributed by atoms with van der Waals surface area (Å²) in [4.78, 5) is 38.9. The Kier molecular flexibility index (Phi) is 7.16. The molecule has 0 atom stereocenters. The Morgan fingerprint density at radius 2 is 1.83 bits per heavy atom. The summed E-state index contributed by atoms with van der Waals surface area (Å²) in [7, 11) is 3.04. The highest BCUT2D eigenvalue weighted by Crippen LogP contribution is 2.34. The molecule has 2 heterocycles. The number of aromatic nitrogens is 2. The zero-order valence-corrected chi connectivity index (χ0v) is 19.7. The lowest BCUT2D eigenvalue weighted by Crippen LogP contribution is -2.37. The fourth-order valence-electron chi connectivity index (χ4n) is 3.34. The van der Waals surface area contributed by atoms with Crippen molar-refractivity contribution in [1.29, 1.82) is 0 Å². The zero-order chi connectivity index (χ0) is 24.9. The number of nitrogens with one attached hydrogen (secondary N) is 1. The predicted molar refractivity (Wildman–Crippen MR) is 128 cm³/mol. The van der Waals surface area contributed by atoms with Gasteiger partial charge in [-0.15, -0.1) is 0 Å². The maximum atomic E-state index is 13.1. The van der Waals surface area contributed by atoms with E-state index >= 15 is 0 Å². The summed E-state index contributed by atoms with van der Waals surface area (Å²) in [6, 6.07) is 12.4. The first-order chi connectivity index (χ1) is 16.9. The number of amides is 3. The molecule has 180 valence electrons. The van der Waals surface area contributed by atoms with E-state index in [0.29, 0.717) is 22.7 Å². The first-order valence-electron chi connectivity index (χ1n) is 10.5. The standard InChI is InChI=1S/C24H21FN4O5S/c1-33-19-8-3-15(13-20(19)34-2)14-21-23(31)28(24(32)35-21)12-10-26-22(30)18-9-11-29(27-18)17-6-4-16(25)5-7-17/h3-9,11,13-14H,10,12H2,1-2H3,(H,26,30)/b21-14-. The number of carbonyl (C=O) groups excluding carboxylic acids is 3. The van der Waals surface area contributed by atoms with Crippen molar-refractivity contribution >= 4 is 34.9 Å². The number of ether oxygens (including phenoxy) is 2. The lowest BCUT2D eigenvalue weighted by atomic mass is 10.2. The molecule has 1 aliphatic heterocycles. The molecule has 0 spiro atoms. The molecule has 0 aliphatic carbocycles. The molecule has 11 heteroatoms. The Balaban J connectivity index is 1.35. The van der Waals surface area contributed by atoms with Crippen molar-refractivity contribution in [2.24, 2.45) is 0 Å². The van der Waals surface area contributed by atoms with E-state index in [-0.39, 0.29) is 29.5 Å². The molecule has 35 heavy (non-hydrogen) atoms. The minimum atomic E-state index is -0.460. The van der Waals surface area contributed by atoms with E-state index in [9.17, 15) is 18.8 Å². The van der Waals surface area contributed by atoms with Gasteiger partial charge in [-0.25, -0.2) is 9.07 Å². The predicted octanol–water partition coefficient (Wildman–Crippen LogP) is 3.49. The Morgan fingerprint density at radius 1 is 1.09 bits per heavy atom. The molecule has 0 bridgehead atoms. The summed E-state index contributed by atoms with van der Waals surface area (Å²) >= 11 is 0.829. The third-order valence-electron chi connectivity index (χ3n) is 5.11. The highest BCUT2D eigenvalue weighted by molar-refractivity contribution is 8.18. The van der Waals surface area contributed by atoms with Crippen molar-refractivity contribution in [2.45, 2.75) is 0 Å². The molecule has 4 rings (SSSR count). The van der Waals surface area contributed by atoms with Crippen LogP contribution < -0.4 is 14.8 Å². The Morgan fingerprint density at radius 3 is 2.54 bits per heavy atom. The van der Waals surface area contributed by atoms with Gasteiger partial charge >= 0.3 is 0 Å². The van der Waals surface area contributed by atoms with E-state index in [2.05, 4.69) is 10.4 Å². The number of benzene rings is 2. The van der Waals surface area contributed by atoms with Crippen LogP contribution in [0.2, 0.25) is 0 Å². The smallest absolute Gasteiger partial charge is 0.293 e. The second-order valence-corrected chi connectivity index (χ2v) is 8.32. The summed E-state index contributed by atoms with van der Waals surface area (Å²) in [6.45, 7) is 0.0717. The number of hydrogen-bond acceptors (Lipinski definition) is 7. The maximum Gasteiger partial charge on any atom is 0.293 e. The van der Waals surface area contributed by atoms with Gasteiger partial charge in [-0.05, 0) is 65.9 Å². The molecular weight excluding hydrogens is 475 g/mol. The van der Waals surface area contributed by atoms with E-state index in [0.717, 1.165) is 16.7 Å². The minimum Gasteiger partial charge on any atom is -0.493 e. The number of imide groups is 1. The fraction of sp³-hybridized carbons (Fsp3) is 0.167. The largest absolute Gasteiger partial charge is 0.493 e. The van der Waals surface area contributed by atoms with Crippen LogP contribution in [0.25, 0.3) is 11.8 Å². The van der Waals surface area contributed by atoms with Gasteiger partial charge in [-0.2, -0.15) is 5.10 Å². The molecule has 0 unspecified atom stereocenters. The van der Waals surface area contributed by atoms with Crippen molar-refractivity contribution in [3.05, 3.63) is 76.7 Å². The average molecular weight is 497 g/mol. The van der Waals surface area contributed by atoms with E-state index in [1.807, 2.05) is 0 Å². The van der Waals surface area contributed by atoms with Crippen LogP contribution in [0.15, 0.2) is 59.6 Å². The van der Waals surface area contributed by atoms with Crippen LogP contribution >= 0.6 is 11.8 Å². The summed E-state index contributed by atoms with van der Waals surface area (Å²) in [5, 5.41) is 6.41. The summed E-state index contributed by atoms with van der Waals surface area (Å²) < 4.78 is 25.0. The van der Waals surface area contributed by atoms with Gasteiger partial charge < -0.3 is 14.8 Å². The van der Waals surface area contributed by atoms with Crippen LogP contribution in [-0.2, 0) is 4.79 Å². The topological polar surface area (TPSA) is 103 Å². The lowest BCUT2D eigenvalue weighted by molar-refractivity contribution is -0.122. The van der Waals surface area contributed by atoms with E-state index in [1.54, 1.807) is 42.6 Å². The molecule has 9 nitrogen and oxygen atoms in total. The first-order valence-corrected chi connectivity index (χ1v) is 11.3. The van der Waals surface area contributed by atoms with E-state index < -0.39 is 17.1 Å². The number of carbonyl (C=O) groups is 3. The molecule has 2 aromatic carbocycles. The zero-order valence-electron chi connectivity index (χ0n) is 18.9. The molecule has 1 aliphatic rings. The van der Waals surface area contributed by atoms with Crippen molar-refractivity contribution in [3.63, 3.8) is 0 Å². The Labute approximate surface area is 204 Å². The SMILES string of the molecule is COc1ccc(/C=C2\SC(=O)N(CCNC(=O)c3ccn(-c4ccc(F)cc4)n3)C2=O)cc1OC. The summed E-state index contributed by atoms with van der Waals surface area (Å²) in [6.07, 6.45) is 3.19. The van der Waals surface area contributed by atoms with Crippen LogP contribution in [-0.4, -0.2) is 59.0 Å². The monoisotopic (exact) mass is 496 g/mol. The van der Waals surface area contributed by atoms with Gasteiger partial charge in [0.15, 0.2) is 17.2 Å². The van der Waals surface area contributed by atoms with Gasteiger partial charge in [0, 0.05) is 19.3 Å². The molecule has 0 saturated carbocycles. The number of hydrogen-bond donors (Lipinski definition) is 1. The van der Waals surface area contributed by atoms with Crippen molar-refractivity contribution in [1.82, 2.24) is 20.0 Å². The number of halogens is 1. The van der Waals surface area contributed by atoms with Gasteiger partial charge in [-0.3, -0.25) is 19.3 Å². The van der Waals surface area contributed by atoms with Gasteiger partial charge in [0.05, 0.1) is 24.8 Å². The third kappa shape index (κ3) is 5.35. The van der Waals surface area contributed by atoms with Crippen LogP contribution in [0.5, 0.6) is 11.5 Å². The normalized spacial score (nSPS) is 14.5. The molecule has 1 N–H and O–H groups in total. The maximum absolute atomic E-state index is 13.1. The lowest BCUT2D eigenvalue weighted by Gasteiger charge is -2.12. The van der Waals surface area contributed by atoms with Gasteiger partial charge in [0.25, 0.3) is 17.1 Å². The van der Waals surface area contributed by atoms with Gasteiger partial charge in [0.2, 0.25) is 0 Å². The summed E-state index contributed by atoms with van der Waals surface area (Å²) in [5.41, 5.74) is 1.43. The highest BCUT2D eigenvalue weighted by Gasteiger charge is 2.34. The Hall–Kier alpha value is -4.12. The third-order valence-corrected chi connectivity index (χ3v) is 6.02. The molecule has 1 saturated heterocycles. The molecule has 1 fully saturated rings. The number of rotatable bonds is 8. The number of nitrogens with zero attached hydrogens (tertiary/aromatic N) is 3. The van der Waals surface area contributed by atoms with E-state index in [1.165, 1.54) is 37.1 Å². The molecular formula is C24H21FN4O5S. The highest BCUT2D eigenvalue weighted by atomic mass is 32.2. The first kappa shape index (κ1) is 24.0. The molecule has 0 radical (unpaired) electrons. The van der Waals surface area contributed by atoms with Crippen molar-refractivity contribution in [2.75, 3.05) is 27.3 Å². The second-order valence-electron chi connectivity index (χ2n) is 7.33. The Bertz CT molecular complexity index is 1310. The van der Waals surface area contributed by atoms with Crippen LogP contribution in [0, 0.1) is 5.82 Å². The summed E-state index contributed by atoms with van der Waals surface area (Å²) in [5.74, 6) is -0.214. The van der Waals surface area contributed by atoms with Crippen LogP contribution in [0.4, 0.5) is 9.18 Å². The number of thioether (sulfide) groups is 1. The quantitative estimate of drug-likeness (QED) is 0.476. The number of methoxy groups -OCH3 is 2. The fourth-order valence-corrected chi connectivity index (χ4v) is 4.21. The van der Waals surface area contributed by atoms with Crippen molar-refractivity contribution < 1.29 is 28.2 Å². The van der Waals surface area contributed by atoms with Crippen LogP contribution in [0.1, 0.15) is 16.1 Å². The van der Waals surface area contributed by atoms with Gasteiger partial charge in [-0.1, -0.05) is 6.07 Å². The second kappa shape index (κ2) is 10.4. The minimum absolute atomic E-state index is 0.0123. The molecule has 1 aromatic heterocycles.